The van der Waals surface area contributed by atoms with E-state index < -0.39 is 34.6 Å². The molecule has 1 aliphatic heterocycles. The Balaban J connectivity index is 1.40. The zero-order chi connectivity index (χ0) is 25.9. The molecule has 4 rings (SSSR count). The molecule has 0 saturated carbocycles. The number of thiazole rings is 1. The first-order chi connectivity index (χ1) is 17.1. The van der Waals surface area contributed by atoms with E-state index >= 15 is 0 Å². The molecule has 1 saturated heterocycles. The Bertz CT molecular complexity index is 1270. The van der Waals surface area contributed by atoms with Crippen LogP contribution in [0.5, 0.6) is 0 Å². The molecule has 0 aromatic carbocycles. The van der Waals surface area contributed by atoms with Crippen LogP contribution in [0.4, 0.5) is 24.8 Å². The van der Waals surface area contributed by atoms with E-state index in [1.165, 1.54) is 12.5 Å². The summed E-state index contributed by atoms with van der Waals surface area (Å²) in [5.74, 6) is -0.853. The molecule has 3 aromatic rings. The van der Waals surface area contributed by atoms with Crippen molar-refractivity contribution in [1.29, 1.82) is 0 Å². The van der Waals surface area contributed by atoms with Crippen LogP contribution in [0.15, 0.2) is 30.9 Å². The third kappa shape index (κ3) is 6.06. The van der Waals surface area contributed by atoms with E-state index in [-0.39, 0.29) is 16.4 Å². The molecule has 2 N–H and O–H groups in total. The molecule has 0 bridgehead atoms. The predicted octanol–water partition coefficient (Wildman–Crippen LogP) is 3.58. The van der Waals surface area contributed by atoms with Gasteiger partial charge in [-0.25, -0.2) is 19.9 Å². The Morgan fingerprint density at radius 1 is 1.11 bits per heavy atom. The first-order valence-corrected chi connectivity index (χ1v) is 11.8. The van der Waals surface area contributed by atoms with Gasteiger partial charge in [-0.3, -0.25) is 9.59 Å². The van der Waals surface area contributed by atoms with Gasteiger partial charge in [0, 0.05) is 25.4 Å². The molecule has 0 radical (unpaired) electrons. The van der Waals surface area contributed by atoms with E-state index in [1.807, 2.05) is 4.90 Å². The molecule has 36 heavy (non-hydrogen) atoms. The van der Waals surface area contributed by atoms with E-state index in [1.54, 1.807) is 13.0 Å². The maximum Gasteiger partial charge on any atom is 0.418 e. The van der Waals surface area contributed by atoms with Crippen LogP contribution in [-0.4, -0.2) is 58.1 Å². The number of morpholine rings is 1. The number of aromatic nitrogens is 4. The lowest BCUT2D eigenvalue weighted by atomic mass is 10.2. The molecule has 2 amide bonds. The number of hydrogen-bond acceptors (Lipinski definition) is 9. The number of anilines is 2. The quantitative estimate of drug-likeness (QED) is 0.485. The van der Waals surface area contributed by atoms with Crippen LogP contribution in [-0.2, 0) is 10.9 Å². The van der Waals surface area contributed by atoms with Crippen LogP contribution >= 0.6 is 22.9 Å². The first-order valence-electron chi connectivity index (χ1n) is 10.6. The third-order valence-corrected chi connectivity index (χ3v) is 6.57. The van der Waals surface area contributed by atoms with Gasteiger partial charge < -0.3 is 20.3 Å². The minimum atomic E-state index is -4.70. The van der Waals surface area contributed by atoms with Crippen molar-refractivity contribution in [3.8, 4) is 0 Å². The van der Waals surface area contributed by atoms with Gasteiger partial charge in [-0.1, -0.05) is 11.6 Å². The summed E-state index contributed by atoms with van der Waals surface area (Å²) >= 11 is 6.53. The summed E-state index contributed by atoms with van der Waals surface area (Å²) in [4.78, 5) is 43.5. The van der Waals surface area contributed by atoms with Crippen molar-refractivity contribution in [2.24, 2.45) is 0 Å². The molecule has 0 spiro atoms. The van der Waals surface area contributed by atoms with Gasteiger partial charge in [-0.2, -0.15) is 13.2 Å². The number of nitrogens with one attached hydrogen (secondary N) is 2. The van der Waals surface area contributed by atoms with Crippen molar-refractivity contribution < 1.29 is 27.5 Å². The van der Waals surface area contributed by atoms with Crippen LogP contribution < -0.4 is 15.5 Å². The molecule has 0 unspecified atom stereocenters. The second kappa shape index (κ2) is 10.7. The fraction of sp³-hybridized carbons (Fsp3) is 0.333. The molecule has 3 aromatic heterocycles. The number of rotatable bonds is 6. The summed E-state index contributed by atoms with van der Waals surface area (Å²) in [5, 5.41) is 4.90. The Kier molecular flexibility index (Phi) is 7.66. The second-order valence-corrected chi connectivity index (χ2v) is 9.09. The lowest BCUT2D eigenvalue weighted by molar-refractivity contribution is -0.137. The Hall–Kier alpha value is -3.36. The number of amides is 2. The van der Waals surface area contributed by atoms with Gasteiger partial charge >= 0.3 is 6.18 Å². The molecule has 1 aliphatic rings. The SMILES string of the molecule is C[C@@H](NC(=O)c1cc(N2CCOCC2)ncn1)c1ncc(C(=O)Nc2cc(C(F)(F)F)c(Cl)cn2)s1. The lowest BCUT2D eigenvalue weighted by Gasteiger charge is -2.27. The average Bonchev–Trinajstić information content (AvgIpc) is 3.36. The summed E-state index contributed by atoms with van der Waals surface area (Å²) in [6.07, 6.45) is -1.31. The van der Waals surface area contributed by atoms with Gasteiger partial charge in [0.1, 0.15) is 33.5 Å². The van der Waals surface area contributed by atoms with Crippen LogP contribution in [0.3, 0.4) is 0 Å². The van der Waals surface area contributed by atoms with Crippen molar-refractivity contribution in [3.63, 3.8) is 0 Å². The van der Waals surface area contributed by atoms with Crippen molar-refractivity contribution in [3.05, 3.63) is 57.0 Å². The van der Waals surface area contributed by atoms with E-state index in [9.17, 15) is 22.8 Å². The number of carbonyl (C=O) groups is 2. The topological polar surface area (TPSA) is 122 Å². The summed E-state index contributed by atoms with van der Waals surface area (Å²) in [6.45, 7) is 4.13. The molecule has 0 aliphatic carbocycles. The van der Waals surface area contributed by atoms with E-state index in [0.717, 1.165) is 17.5 Å². The summed E-state index contributed by atoms with van der Waals surface area (Å²) in [5.41, 5.74) is -0.945. The zero-order valence-electron chi connectivity index (χ0n) is 18.7. The molecule has 10 nitrogen and oxygen atoms in total. The predicted molar refractivity (Wildman–Crippen MR) is 125 cm³/mol. The highest BCUT2D eigenvalue weighted by Crippen LogP contribution is 2.35. The van der Waals surface area contributed by atoms with Gasteiger partial charge in [0.05, 0.1) is 36.0 Å². The fourth-order valence-corrected chi connectivity index (χ4v) is 4.29. The van der Waals surface area contributed by atoms with Crippen LogP contribution in [0.25, 0.3) is 0 Å². The van der Waals surface area contributed by atoms with Gasteiger partial charge in [0.25, 0.3) is 11.8 Å². The van der Waals surface area contributed by atoms with Crippen molar-refractivity contribution in [1.82, 2.24) is 25.3 Å². The van der Waals surface area contributed by atoms with E-state index in [0.29, 0.717) is 43.2 Å². The zero-order valence-corrected chi connectivity index (χ0v) is 20.2. The van der Waals surface area contributed by atoms with Crippen LogP contribution in [0.2, 0.25) is 5.02 Å². The van der Waals surface area contributed by atoms with Gasteiger partial charge in [0.2, 0.25) is 0 Å². The largest absolute Gasteiger partial charge is 0.418 e. The number of ether oxygens (including phenoxy) is 1. The second-order valence-electron chi connectivity index (χ2n) is 7.62. The van der Waals surface area contributed by atoms with Crippen molar-refractivity contribution >= 4 is 46.4 Å². The first kappa shape index (κ1) is 25.7. The lowest BCUT2D eigenvalue weighted by Crippen LogP contribution is -2.37. The highest BCUT2D eigenvalue weighted by Gasteiger charge is 2.34. The summed E-state index contributed by atoms with van der Waals surface area (Å²) in [7, 11) is 0. The smallest absolute Gasteiger partial charge is 0.378 e. The van der Waals surface area contributed by atoms with Crippen molar-refractivity contribution in [2.75, 3.05) is 36.5 Å². The molecular weight excluding hydrogens is 523 g/mol. The Morgan fingerprint density at radius 3 is 2.58 bits per heavy atom. The average molecular weight is 542 g/mol. The van der Waals surface area contributed by atoms with E-state index in [2.05, 4.69) is 30.6 Å². The number of nitrogens with zero attached hydrogens (tertiary/aromatic N) is 5. The number of halogens is 4. The number of carbonyl (C=O) groups excluding carboxylic acids is 2. The number of alkyl halides is 3. The minimum Gasteiger partial charge on any atom is -0.378 e. The maximum absolute atomic E-state index is 13.0. The van der Waals surface area contributed by atoms with Crippen LogP contribution in [0, 0.1) is 0 Å². The maximum atomic E-state index is 13.0. The number of pyridine rings is 1. The van der Waals surface area contributed by atoms with Gasteiger partial charge in [-0.05, 0) is 13.0 Å². The monoisotopic (exact) mass is 541 g/mol. The van der Waals surface area contributed by atoms with Gasteiger partial charge in [0.15, 0.2) is 0 Å². The minimum absolute atomic E-state index is 0.119. The van der Waals surface area contributed by atoms with Crippen LogP contribution in [0.1, 0.15) is 43.7 Å². The third-order valence-electron chi connectivity index (χ3n) is 5.09. The molecule has 1 atom stereocenters. The molecule has 190 valence electrons. The Labute approximate surface area is 211 Å². The molecule has 1 fully saturated rings. The molecular formula is C21H19ClF3N7O3S. The van der Waals surface area contributed by atoms with Gasteiger partial charge in [-0.15, -0.1) is 11.3 Å². The fourth-order valence-electron chi connectivity index (χ4n) is 3.26. The standard InChI is InChI=1S/C21H19ClF3N7O3S/c1-11(30-18(33)14-7-17(29-10-28-14)32-2-4-35-5-3-32)20-27-9-15(36-20)19(34)31-16-6-12(21(23,24)25)13(22)8-26-16/h6-11H,2-5H2,1H3,(H,30,33)(H,26,31,34)/t11-/m1/s1. The Morgan fingerprint density at radius 2 is 1.86 bits per heavy atom. The number of hydrogen-bond donors (Lipinski definition) is 2. The highest BCUT2D eigenvalue weighted by molar-refractivity contribution is 7.13. The van der Waals surface area contributed by atoms with E-state index in [4.69, 9.17) is 16.3 Å². The summed E-state index contributed by atoms with van der Waals surface area (Å²) < 4.78 is 44.5. The highest BCUT2D eigenvalue weighted by atomic mass is 35.5. The van der Waals surface area contributed by atoms with Crippen molar-refractivity contribution in [2.45, 2.75) is 19.1 Å². The molecule has 15 heteroatoms. The normalized spacial score (nSPS) is 14.9. The summed E-state index contributed by atoms with van der Waals surface area (Å²) in [6, 6.07) is 1.66. The molecule has 4 heterocycles.